The zero-order valence-corrected chi connectivity index (χ0v) is 9.97. The second-order valence-corrected chi connectivity index (χ2v) is 4.08. The van der Waals surface area contributed by atoms with Crippen molar-refractivity contribution in [1.29, 1.82) is 0 Å². The molecule has 0 radical (unpaired) electrons. The first kappa shape index (κ1) is 11.4. The number of hydrogen-bond acceptors (Lipinski definition) is 2. The highest BCUT2D eigenvalue weighted by Crippen LogP contribution is 2.11. The van der Waals surface area contributed by atoms with Crippen LogP contribution in [-0.4, -0.2) is 28.1 Å². The summed E-state index contributed by atoms with van der Waals surface area (Å²) in [6.45, 7) is 2.50. The normalized spacial score (nSPS) is 10.2. The molecule has 0 saturated heterocycles. The molecule has 0 saturated carbocycles. The molecule has 0 fully saturated rings. The van der Waals surface area contributed by atoms with Crippen LogP contribution in [0.1, 0.15) is 21.5 Å². The third-order valence-electron chi connectivity index (χ3n) is 2.70. The average Bonchev–Trinajstić information content (AvgIpc) is 2.81. The lowest BCUT2D eigenvalue weighted by Crippen LogP contribution is -2.26. The van der Waals surface area contributed by atoms with E-state index in [0.717, 1.165) is 16.7 Å². The monoisotopic (exact) mass is 229 g/mol. The maximum atomic E-state index is 12.2. The van der Waals surface area contributed by atoms with E-state index < -0.39 is 0 Å². The number of aromatic amines is 1. The summed E-state index contributed by atoms with van der Waals surface area (Å²) < 4.78 is 0. The van der Waals surface area contributed by atoms with Crippen LogP contribution in [0.15, 0.2) is 36.7 Å². The van der Waals surface area contributed by atoms with Crippen LogP contribution in [0.2, 0.25) is 0 Å². The standard InChI is InChI=1S/C13H15N3O/c1-10-5-3-4-6-12(10)13(17)16(2)9-11-7-14-15-8-11/h3-8H,9H2,1-2H3,(H,14,15). The van der Waals surface area contributed by atoms with Gasteiger partial charge in [-0.05, 0) is 18.6 Å². The third kappa shape index (κ3) is 2.53. The third-order valence-corrected chi connectivity index (χ3v) is 2.70. The summed E-state index contributed by atoms with van der Waals surface area (Å²) in [7, 11) is 1.79. The minimum Gasteiger partial charge on any atom is -0.337 e. The Morgan fingerprint density at radius 1 is 1.41 bits per heavy atom. The Hall–Kier alpha value is -2.10. The molecule has 1 heterocycles. The quantitative estimate of drug-likeness (QED) is 0.875. The molecule has 0 aliphatic heterocycles. The van der Waals surface area contributed by atoms with Crippen molar-refractivity contribution in [2.45, 2.75) is 13.5 Å². The molecule has 1 N–H and O–H groups in total. The Labute approximate surface area is 100 Å². The lowest BCUT2D eigenvalue weighted by atomic mass is 10.1. The van der Waals surface area contributed by atoms with Crippen molar-refractivity contribution in [2.75, 3.05) is 7.05 Å². The number of H-pyrrole nitrogens is 1. The predicted octanol–water partition coefficient (Wildman–Crippen LogP) is 1.99. The molecule has 1 aromatic carbocycles. The van der Waals surface area contributed by atoms with Gasteiger partial charge in [0.05, 0.1) is 6.20 Å². The number of carbonyl (C=O) groups is 1. The molecule has 0 aliphatic rings. The van der Waals surface area contributed by atoms with Gasteiger partial charge in [0.25, 0.3) is 5.91 Å². The first-order chi connectivity index (χ1) is 8.18. The maximum Gasteiger partial charge on any atom is 0.254 e. The molecule has 0 bridgehead atoms. The smallest absolute Gasteiger partial charge is 0.254 e. The van der Waals surface area contributed by atoms with E-state index >= 15 is 0 Å². The number of aromatic nitrogens is 2. The molecule has 1 amide bonds. The average molecular weight is 229 g/mol. The van der Waals surface area contributed by atoms with Crippen LogP contribution >= 0.6 is 0 Å². The fraction of sp³-hybridized carbons (Fsp3) is 0.231. The number of aryl methyl sites for hydroxylation is 1. The van der Waals surface area contributed by atoms with Gasteiger partial charge in [0.15, 0.2) is 0 Å². The van der Waals surface area contributed by atoms with Gasteiger partial charge >= 0.3 is 0 Å². The first-order valence-electron chi connectivity index (χ1n) is 5.47. The van der Waals surface area contributed by atoms with Crippen molar-refractivity contribution < 1.29 is 4.79 Å². The Bertz CT molecular complexity index is 505. The lowest BCUT2D eigenvalue weighted by Gasteiger charge is -2.17. The van der Waals surface area contributed by atoms with Gasteiger partial charge in [0.2, 0.25) is 0 Å². The lowest BCUT2D eigenvalue weighted by molar-refractivity contribution is 0.0784. The number of nitrogens with zero attached hydrogens (tertiary/aromatic N) is 2. The van der Waals surface area contributed by atoms with Gasteiger partial charge in [-0.1, -0.05) is 18.2 Å². The highest BCUT2D eigenvalue weighted by molar-refractivity contribution is 5.95. The molecule has 17 heavy (non-hydrogen) atoms. The van der Waals surface area contributed by atoms with Crippen LogP contribution in [0.25, 0.3) is 0 Å². The largest absolute Gasteiger partial charge is 0.337 e. The van der Waals surface area contributed by atoms with E-state index in [9.17, 15) is 4.79 Å². The van der Waals surface area contributed by atoms with E-state index in [-0.39, 0.29) is 5.91 Å². The Balaban J connectivity index is 2.13. The zero-order chi connectivity index (χ0) is 12.3. The molecule has 2 rings (SSSR count). The van der Waals surface area contributed by atoms with Crippen LogP contribution in [-0.2, 0) is 6.54 Å². The minimum atomic E-state index is 0.0318. The maximum absolute atomic E-state index is 12.2. The first-order valence-corrected chi connectivity index (χ1v) is 5.47. The number of amides is 1. The summed E-state index contributed by atoms with van der Waals surface area (Å²) in [5.74, 6) is 0.0318. The van der Waals surface area contributed by atoms with Gasteiger partial charge in [-0.25, -0.2) is 0 Å². The molecule has 0 spiro atoms. The molecular formula is C13H15N3O. The van der Waals surface area contributed by atoms with Crippen molar-refractivity contribution in [1.82, 2.24) is 15.1 Å². The van der Waals surface area contributed by atoms with E-state index in [1.165, 1.54) is 0 Å². The van der Waals surface area contributed by atoms with Gasteiger partial charge < -0.3 is 4.90 Å². The molecule has 88 valence electrons. The fourth-order valence-corrected chi connectivity index (χ4v) is 1.73. The van der Waals surface area contributed by atoms with Crippen molar-refractivity contribution in [3.8, 4) is 0 Å². The molecule has 0 unspecified atom stereocenters. The van der Waals surface area contributed by atoms with Crippen molar-refractivity contribution in [2.24, 2.45) is 0 Å². The second kappa shape index (κ2) is 4.82. The number of nitrogens with one attached hydrogen (secondary N) is 1. The molecular weight excluding hydrogens is 214 g/mol. The summed E-state index contributed by atoms with van der Waals surface area (Å²) in [6, 6.07) is 7.61. The highest BCUT2D eigenvalue weighted by Gasteiger charge is 2.13. The van der Waals surface area contributed by atoms with Gasteiger partial charge in [-0.3, -0.25) is 9.89 Å². The van der Waals surface area contributed by atoms with Gasteiger partial charge in [-0.15, -0.1) is 0 Å². The summed E-state index contributed by atoms with van der Waals surface area (Å²) in [5.41, 5.74) is 2.74. The number of rotatable bonds is 3. The number of carbonyl (C=O) groups excluding carboxylic acids is 1. The molecule has 4 heteroatoms. The van der Waals surface area contributed by atoms with Gasteiger partial charge in [0, 0.05) is 30.9 Å². The van der Waals surface area contributed by atoms with E-state index in [1.807, 2.05) is 31.2 Å². The van der Waals surface area contributed by atoms with Crippen LogP contribution in [0.5, 0.6) is 0 Å². The summed E-state index contributed by atoms with van der Waals surface area (Å²) in [5, 5.41) is 6.60. The van der Waals surface area contributed by atoms with E-state index in [0.29, 0.717) is 6.54 Å². The summed E-state index contributed by atoms with van der Waals surface area (Å²) in [4.78, 5) is 13.9. The van der Waals surface area contributed by atoms with Crippen LogP contribution < -0.4 is 0 Å². The minimum absolute atomic E-state index is 0.0318. The van der Waals surface area contributed by atoms with E-state index in [4.69, 9.17) is 0 Å². The SMILES string of the molecule is Cc1ccccc1C(=O)N(C)Cc1cn[nH]c1. The van der Waals surface area contributed by atoms with E-state index in [1.54, 1.807) is 24.3 Å². The fourth-order valence-electron chi connectivity index (χ4n) is 1.73. The second-order valence-electron chi connectivity index (χ2n) is 4.08. The van der Waals surface area contributed by atoms with Crippen LogP contribution in [0.4, 0.5) is 0 Å². The van der Waals surface area contributed by atoms with E-state index in [2.05, 4.69) is 10.2 Å². The predicted molar refractivity (Wildman–Crippen MR) is 65.6 cm³/mol. The number of hydrogen-bond donors (Lipinski definition) is 1. The Kier molecular flexibility index (Phi) is 3.23. The molecule has 0 atom stereocenters. The Morgan fingerprint density at radius 2 is 2.18 bits per heavy atom. The van der Waals surface area contributed by atoms with Crippen molar-refractivity contribution in [3.05, 3.63) is 53.3 Å². The topological polar surface area (TPSA) is 49.0 Å². The molecule has 0 aliphatic carbocycles. The van der Waals surface area contributed by atoms with Crippen molar-refractivity contribution in [3.63, 3.8) is 0 Å². The molecule has 4 nitrogen and oxygen atoms in total. The number of benzene rings is 1. The summed E-state index contributed by atoms with van der Waals surface area (Å²) >= 11 is 0. The van der Waals surface area contributed by atoms with Crippen molar-refractivity contribution >= 4 is 5.91 Å². The highest BCUT2D eigenvalue weighted by atomic mass is 16.2. The Morgan fingerprint density at radius 3 is 2.82 bits per heavy atom. The molecule has 2 aromatic rings. The molecule has 1 aromatic heterocycles. The zero-order valence-electron chi connectivity index (χ0n) is 9.97. The van der Waals surface area contributed by atoms with Crippen LogP contribution in [0.3, 0.4) is 0 Å². The summed E-state index contributed by atoms with van der Waals surface area (Å²) in [6.07, 6.45) is 3.52. The van der Waals surface area contributed by atoms with Gasteiger partial charge in [-0.2, -0.15) is 5.10 Å². The van der Waals surface area contributed by atoms with Crippen LogP contribution in [0, 0.1) is 6.92 Å². The van der Waals surface area contributed by atoms with Gasteiger partial charge in [0.1, 0.15) is 0 Å².